The van der Waals surface area contributed by atoms with E-state index in [1.54, 1.807) is 10.9 Å². The molecule has 196 valence electrons. The summed E-state index contributed by atoms with van der Waals surface area (Å²) in [5, 5.41) is 9.09. The van der Waals surface area contributed by atoms with Crippen LogP contribution in [0.15, 0.2) is 77.6 Å². The number of sulfonamides is 1. The minimum absolute atomic E-state index is 0.0136. The van der Waals surface area contributed by atoms with Crippen LogP contribution in [0.5, 0.6) is 5.75 Å². The molecule has 1 aliphatic carbocycles. The van der Waals surface area contributed by atoms with Crippen LogP contribution in [-0.2, 0) is 16.4 Å². The molecule has 2 amide bonds. The molecule has 0 saturated heterocycles. The van der Waals surface area contributed by atoms with Crippen LogP contribution in [0.1, 0.15) is 24.1 Å². The highest BCUT2D eigenvalue weighted by Gasteiger charge is 2.26. The lowest BCUT2D eigenvalue weighted by atomic mass is 9.92. The second kappa shape index (κ2) is 10.5. The van der Waals surface area contributed by atoms with Crippen LogP contribution in [0, 0.1) is 0 Å². The van der Waals surface area contributed by atoms with Gasteiger partial charge in [0.05, 0.1) is 31.2 Å². The van der Waals surface area contributed by atoms with Gasteiger partial charge in [0, 0.05) is 10.6 Å². The number of amides is 2. The van der Waals surface area contributed by atoms with Crippen molar-refractivity contribution in [3.63, 3.8) is 0 Å². The minimum atomic E-state index is -4.32. The lowest BCUT2D eigenvalue weighted by molar-refractivity contribution is 0.246. The highest BCUT2D eigenvalue weighted by molar-refractivity contribution is 7.90. The first-order valence-electron chi connectivity index (χ1n) is 11.8. The van der Waals surface area contributed by atoms with Gasteiger partial charge in [0.2, 0.25) is 0 Å². The van der Waals surface area contributed by atoms with Gasteiger partial charge in [0.1, 0.15) is 16.5 Å². The standard InChI is InChI=1S/C27H24ClFN4O4S/c1-37-24-12-10-20(28)14-25(24)38(35,36)32-27(34)30-16-23(29)22-8-4-7-19-15-31-33(26(19)22)21-11-9-17-5-2-3-6-18(17)13-21/h2-3,5-6,9-15H,4,7-8,16H2,1H3,(H2,30,32,34)/b23-22+. The second-order valence-corrected chi connectivity index (χ2v) is 10.9. The smallest absolute Gasteiger partial charge is 0.329 e. The van der Waals surface area contributed by atoms with E-state index in [0.29, 0.717) is 17.7 Å². The number of ether oxygens (including phenoxy) is 1. The number of rotatable bonds is 6. The Morgan fingerprint density at radius 3 is 2.68 bits per heavy atom. The van der Waals surface area contributed by atoms with E-state index in [1.807, 2.05) is 47.2 Å². The van der Waals surface area contributed by atoms with Gasteiger partial charge in [0.25, 0.3) is 10.0 Å². The van der Waals surface area contributed by atoms with Crippen LogP contribution < -0.4 is 14.8 Å². The molecule has 5 rings (SSSR count). The number of hydrogen-bond acceptors (Lipinski definition) is 5. The maximum absolute atomic E-state index is 15.5. The number of carbonyl (C=O) groups is 1. The fourth-order valence-corrected chi connectivity index (χ4v) is 5.93. The average Bonchev–Trinajstić information content (AvgIpc) is 3.35. The number of nitrogens with one attached hydrogen (secondary N) is 2. The molecule has 1 aromatic heterocycles. The van der Waals surface area contributed by atoms with Gasteiger partial charge in [-0.1, -0.05) is 41.9 Å². The summed E-state index contributed by atoms with van der Waals surface area (Å²) in [6, 6.07) is 16.8. The topological polar surface area (TPSA) is 102 Å². The van der Waals surface area contributed by atoms with E-state index in [9.17, 15) is 13.2 Å². The molecule has 1 heterocycles. The number of benzene rings is 3. The van der Waals surface area contributed by atoms with Crippen molar-refractivity contribution >= 4 is 44.0 Å². The maximum atomic E-state index is 15.5. The molecular formula is C27H24ClFN4O4S. The Hall–Kier alpha value is -3.89. The van der Waals surface area contributed by atoms with Crippen molar-refractivity contribution in [1.82, 2.24) is 19.8 Å². The molecule has 3 aromatic carbocycles. The summed E-state index contributed by atoms with van der Waals surface area (Å²) in [4.78, 5) is 12.1. The van der Waals surface area contributed by atoms with Crippen LogP contribution in [0.4, 0.5) is 9.18 Å². The zero-order chi connectivity index (χ0) is 26.9. The molecule has 0 saturated carbocycles. The highest BCUT2D eigenvalue weighted by atomic mass is 35.5. The molecule has 0 radical (unpaired) electrons. The Labute approximate surface area is 224 Å². The van der Waals surface area contributed by atoms with E-state index in [1.165, 1.54) is 19.2 Å². The minimum Gasteiger partial charge on any atom is -0.495 e. The molecular weight excluding hydrogens is 531 g/mol. The van der Waals surface area contributed by atoms with Gasteiger partial charge in [-0.2, -0.15) is 5.10 Å². The third-order valence-corrected chi connectivity index (χ3v) is 7.94. The number of nitrogens with zero attached hydrogens (tertiary/aromatic N) is 2. The summed E-state index contributed by atoms with van der Waals surface area (Å²) in [5.41, 5.74) is 2.79. The first kappa shape index (κ1) is 25.7. The highest BCUT2D eigenvalue weighted by Crippen LogP contribution is 2.35. The van der Waals surface area contributed by atoms with E-state index >= 15 is 4.39 Å². The van der Waals surface area contributed by atoms with Crippen molar-refractivity contribution in [2.75, 3.05) is 13.7 Å². The quantitative estimate of drug-likeness (QED) is 0.332. The van der Waals surface area contributed by atoms with Gasteiger partial charge in [-0.3, -0.25) is 0 Å². The Morgan fingerprint density at radius 2 is 1.89 bits per heavy atom. The predicted octanol–water partition coefficient (Wildman–Crippen LogP) is 5.39. The summed E-state index contributed by atoms with van der Waals surface area (Å²) in [5.74, 6) is -0.555. The monoisotopic (exact) mass is 554 g/mol. The van der Waals surface area contributed by atoms with Gasteiger partial charge >= 0.3 is 6.03 Å². The van der Waals surface area contributed by atoms with Crippen molar-refractivity contribution in [1.29, 1.82) is 0 Å². The third kappa shape index (κ3) is 5.09. The van der Waals surface area contributed by atoms with Crippen LogP contribution >= 0.6 is 11.6 Å². The SMILES string of the molecule is COc1ccc(Cl)cc1S(=O)(=O)NC(=O)NC/C(F)=C1/CCCc2cnn(-c3ccc4ccccc4c3)c21. The number of fused-ring (bicyclic) bond motifs is 2. The Morgan fingerprint density at radius 1 is 1.11 bits per heavy atom. The Kier molecular flexibility index (Phi) is 7.09. The molecule has 0 spiro atoms. The van der Waals surface area contributed by atoms with Crippen LogP contribution in [0.2, 0.25) is 5.02 Å². The molecule has 0 atom stereocenters. The maximum Gasteiger partial charge on any atom is 0.329 e. The van der Waals surface area contributed by atoms with Crippen molar-refractivity contribution in [2.24, 2.45) is 0 Å². The van der Waals surface area contributed by atoms with Crippen molar-refractivity contribution in [3.05, 3.63) is 89.0 Å². The Balaban J connectivity index is 1.37. The largest absolute Gasteiger partial charge is 0.495 e. The van der Waals surface area contributed by atoms with E-state index in [4.69, 9.17) is 16.3 Å². The number of carbonyl (C=O) groups excluding carboxylic acids is 1. The first-order valence-corrected chi connectivity index (χ1v) is 13.7. The number of aryl methyl sites for hydroxylation is 1. The fraction of sp³-hybridized carbons (Fsp3) is 0.185. The van der Waals surface area contributed by atoms with Gasteiger partial charge in [-0.15, -0.1) is 0 Å². The van der Waals surface area contributed by atoms with Crippen LogP contribution in [-0.4, -0.2) is 37.9 Å². The summed E-state index contributed by atoms with van der Waals surface area (Å²) in [7, 11) is -3.03. The number of aromatic nitrogens is 2. The van der Waals surface area contributed by atoms with E-state index in [-0.39, 0.29) is 15.7 Å². The van der Waals surface area contributed by atoms with E-state index in [2.05, 4.69) is 10.4 Å². The molecule has 0 aliphatic heterocycles. The summed E-state index contributed by atoms with van der Waals surface area (Å²) >= 11 is 5.91. The normalized spacial score (nSPS) is 14.6. The Bertz CT molecular complexity index is 1680. The molecule has 8 nitrogen and oxygen atoms in total. The predicted molar refractivity (Wildman–Crippen MR) is 144 cm³/mol. The number of halogens is 2. The van der Waals surface area contributed by atoms with Gasteiger partial charge < -0.3 is 10.1 Å². The molecule has 0 unspecified atom stereocenters. The van der Waals surface area contributed by atoms with Gasteiger partial charge in [-0.25, -0.2) is 27.0 Å². The molecule has 1 aliphatic rings. The molecule has 0 fully saturated rings. The van der Waals surface area contributed by atoms with E-state index in [0.717, 1.165) is 40.9 Å². The van der Waals surface area contributed by atoms with Crippen molar-refractivity contribution in [2.45, 2.75) is 24.2 Å². The molecule has 4 aromatic rings. The molecule has 2 N–H and O–H groups in total. The van der Waals surface area contributed by atoms with Crippen LogP contribution in [0.3, 0.4) is 0 Å². The third-order valence-electron chi connectivity index (χ3n) is 6.36. The zero-order valence-corrected chi connectivity index (χ0v) is 21.9. The first-order chi connectivity index (χ1) is 18.3. The summed E-state index contributed by atoms with van der Waals surface area (Å²) in [6.07, 6.45) is 3.68. The zero-order valence-electron chi connectivity index (χ0n) is 20.4. The molecule has 11 heteroatoms. The second-order valence-electron chi connectivity index (χ2n) is 8.78. The van der Waals surface area contributed by atoms with Gasteiger partial charge in [0.15, 0.2) is 0 Å². The lowest BCUT2D eigenvalue weighted by Gasteiger charge is -2.19. The number of allylic oxidation sites excluding steroid dienone is 1. The lowest BCUT2D eigenvalue weighted by Crippen LogP contribution is -2.40. The number of methoxy groups -OCH3 is 1. The number of hydrogen-bond donors (Lipinski definition) is 2. The van der Waals surface area contributed by atoms with Crippen molar-refractivity contribution in [3.8, 4) is 11.4 Å². The van der Waals surface area contributed by atoms with Gasteiger partial charge in [-0.05, 0) is 65.9 Å². The molecule has 38 heavy (non-hydrogen) atoms. The average molecular weight is 555 g/mol. The van der Waals surface area contributed by atoms with Crippen molar-refractivity contribution < 1.29 is 22.3 Å². The molecule has 0 bridgehead atoms. The van der Waals surface area contributed by atoms with E-state index < -0.39 is 28.4 Å². The number of urea groups is 1. The summed E-state index contributed by atoms with van der Waals surface area (Å²) < 4.78 is 49.6. The fourth-order valence-electron chi connectivity index (χ4n) is 4.57. The summed E-state index contributed by atoms with van der Waals surface area (Å²) in [6.45, 7) is -0.494. The van der Waals surface area contributed by atoms with Crippen LogP contribution in [0.25, 0.3) is 22.0 Å².